The minimum atomic E-state index is -4.62. The Morgan fingerprint density at radius 3 is 2.35 bits per heavy atom. The summed E-state index contributed by atoms with van der Waals surface area (Å²) in [5.74, 6) is -0.720. The highest BCUT2D eigenvalue weighted by molar-refractivity contribution is 5.95. The van der Waals surface area contributed by atoms with E-state index in [4.69, 9.17) is 5.73 Å². The molecule has 0 saturated heterocycles. The van der Waals surface area contributed by atoms with Crippen LogP contribution in [-0.4, -0.2) is 16.9 Å². The van der Waals surface area contributed by atoms with Crippen molar-refractivity contribution in [1.82, 2.24) is 4.98 Å². The second-order valence-corrected chi connectivity index (χ2v) is 5.46. The van der Waals surface area contributed by atoms with E-state index in [-0.39, 0.29) is 0 Å². The Morgan fingerprint density at radius 1 is 1.35 bits per heavy atom. The molecule has 0 bridgehead atoms. The smallest absolute Gasteiger partial charge is 0.327 e. The number of alkyl halides is 3. The maximum absolute atomic E-state index is 12.5. The van der Waals surface area contributed by atoms with Gasteiger partial charge in [0.15, 0.2) is 0 Å². The molecule has 0 spiro atoms. The lowest BCUT2D eigenvalue weighted by Gasteiger charge is -2.25. The molecule has 0 fully saturated rings. The van der Waals surface area contributed by atoms with Crippen LogP contribution < -0.4 is 16.6 Å². The number of nitrogens with two attached hydrogens (primary N) is 1. The number of anilines is 1. The summed E-state index contributed by atoms with van der Waals surface area (Å²) in [4.78, 5) is 25.2. The molecule has 4 N–H and O–H groups in total. The van der Waals surface area contributed by atoms with Crippen LogP contribution in [0.3, 0.4) is 0 Å². The van der Waals surface area contributed by atoms with Crippen molar-refractivity contribution < 1.29 is 18.0 Å². The number of nitrogens with one attached hydrogen (secondary N) is 2. The molecule has 1 aromatic rings. The summed E-state index contributed by atoms with van der Waals surface area (Å²) in [5.41, 5.74) is 2.72. The van der Waals surface area contributed by atoms with E-state index in [1.807, 2.05) is 4.98 Å². The van der Waals surface area contributed by atoms with Crippen molar-refractivity contribution in [1.29, 1.82) is 0 Å². The Labute approximate surface area is 113 Å². The van der Waals surface area contributed by atoms with Crippen molar-refractivity contribution in [2.75, 3.05) is 5.32 Å². The second-order valence-electron chi connectivity index (χ2n) is 5.46. The third kappa shape index (κ3) is 3.83. The number of rotatable bonds is 2. The van der Waals surface area contributed by atoms with Crippen LogP contribution in [0.2, 0.25) is 0 Å². The maximum Gasteiger partial charge on any atom is 0.417 e. The van der Waals surface area contributed by atoms with Crippen molar-refractivity contribution in [3.05, 3.63) is 28.2 Å². The molecular formula is C12H16F3N3O2. The van der Waals surface area contributed by atoms with Gasteiger partial charge in [-0.05, 0) is 11.5 Å². The summed E-state index contributed by atoms with van der Waals surface area (Å²) in [5, 5.41) is 2.12. The van der Waals surface area contributed by atoms with Crippen LogP contribution in [0.1, 0.15) is 26.3 Å². The lowest BCUT2D eigenvalue weighted by Crippen LogP contribution is -2.46. The molecule has 8 heteroatoms. The summed E-state index contributed by atoms with van der Waals surface area (Å²) in [6, 6.07) is -0.386. The molecular weight excluding hydrogens is 275 g/mol. The first kappa shape index (κ1) is 16.2. The first-order valence-corrected chi connectivity index (χ1v) is 5.79. The average Bonchev–Trinajstić information content (AvgIpc) is 2.28. The zero-order chi connectivity index (χ0) is 15.7. The van der Waals surface area contributed by atoms with Crippen LogP contribution in [0.4, 0.5) is 18.9 Å². The first-order valence-electron chi connectivity index (χ1n) is 5.79. The number of hydrogen-bond donors (Lipinski definition) is 3. The summed E-state index contributed by atoms with van der Waals surface area (Å²) >= 11 is 0. The Bertz CT molecular complexity index is 558. The molecule has 0 unspecified atom stereocenters. The SMILES string of the molecule is CC(C)(C)[C@H](N)C(=O)Nc1cc(C(F)(F)F)c[nH]c1=O. The molecule has 112 valence electrons. The van der Waals surface area contributed by atoms with Gasteiger partial charge in [0.2, 0.25) is 5.91 Å². The normalized spacial score (nSPS) is 13.9. The van der Waals surface area contributed by atoms with Crippen molar-refractivity contribution in [2.24, 2.45) is 11.1 Å². The zero-order valence-electron chi connectivity index (χ0n) is 11.3. The molecule has 1 atom stereocenters. The number of halogens is 3. The molecule has 1 heterocycles. The van der Waals surface area contributed by atoms with E-state index in [1.165, 1.54) is 0 Å². The Kier molecular flexibility index (Phi) is 4.28. The van der Waals surface area contributed by atoms with Gasteiger partial charge in [-0.3, -0.25) is 9.59 Å². The monoisotopic (exact) mass is 291 g/mol. The fourth-order valence-corrected chi connectivity index (χ4v) is 1.34. The van der Waals surface area contributed by atoms with Gasteiger partial charge in [-0.25, -0.2) is 0 Å². The number of carbonyl (C=O) groups excluding carboxylic acids is 1. The molecule has 0 saturated carbocycles. The summed E-state index contributed by atoms with van der Waals surface area (Å²) in [7, 11) is 0. The number of aromatic nitrogens is 1. The Balaban J connectivity index is 3.04. The molecule has 0 aliphatic carbocycles. The standard InChI is InChI=1S/C12H16F3N3O2/c1-11(2,3)8(16)10(20)18-7-4-6(12(13,14)15)5-17-9(7)19/h4-5,8H,16H2,1-3H3,(H,17,19)(H,18,20)/t8-/m1/s1. The Hall–Kier alpha value is -1.83. The zero-order valence-corrected chi connectivity index (χ0v) is 11.3. The molecule has 0 aromatic carbocycles. The highest BCUT2D eigenvalue weighted by atomic mass is 19.4. The largest absolute Gasteiger partial charge is 0.417 e. The van der Waals surface area contributed by atoms with E-state index in [0.29, 0.717) is 12.3 Å². The van der Waals surface area contributed by atoms with E-state index in [9.17, 15) is 22.8 Å². The van der Waals surface area contributed by atoms with Gasteiger partial charge in [0.05, 0.1) is 11.6 Å². The third-order valence-corrected chi connectivity index (χ3v) is 2.70. The van der Waals surface area contributed by atoms with Crippen LogP contribution in [0.15, 0.2) is 17.1 Å². The quantitative estimate of drug-likeness (QED) is 0.775. The summed E-state index contributed by atoms with van der Waals surface area (Å²) in [6.07, 6.45) is -4.07. The first-order chi connectivity index (χ1) is 8.93. The number of hydrogen-bond acceptors (Lipinski definition) is 3. The minimum Gasteiger partial charge on any atom is -0.327 e. The van der Waals surface area contributed by atoms with Gasteiger partial charge in [-0.15, -0.1) is 0 Å². The number of H-pyrrole nitrogens is 1. The maximum atomic E-state index is 12.5. The topological polar surface area (TPSA) is 88.0 Å². The van der Waals surface area contributed by atoms with Gasteiger partial charge in [-0.1, -0.05) is 20.8 Å². The predicted molar refractivity (Wildman–Crippen MR) is 68.1 cm³/mol. The van der Waals surface area contributed by atoms with Gasteiger partial charge in [-0.2, -0.15) is 13.2 Å². The van der Waals surface area contributed by atoms with E-state index >= 15 is 0 Å². The van der Waals surface area contributed by atoms with Gasteiger partial charge in [0.1, 0.15) is 5.69 Å². The van der Waals surface area contributed by atoms with E-state index < -0.39 is 40.4 Å². The van der Waals surface area contributed by atoms with Crippen LogP contribution >= 0.6 is 0 Å². The third-order valence-electron chi connectivity index (χ3n) is 2.70. The average molecular weight is 291 g/mol. The van der Waals surface area contributed by atoms with Crippen LogP contribution in [-0.2, 0) is 11.0 Å². The molecule has 1 rings (SSSR count). The molecule has 1 aromatic heterocycles. The van der Waals surface area contributed by atoms with Crippen molar-refractivity contribution in [3.8, 4) is 0 Å². The van der Waals surface area contributed by atoms with Gasteiger partial charge >= 0.3 is 6.18 Å². The van der Waals surface area contributed by atoms with Crippen LogP contribution in [0.25, 0.3) is 0 Å². The fourth-order valence-electron chi connectivity index (χ4n) is 1.34. The molecule has 1 amide bonds. The van der Waals surface area contributed by atoms with Gasteiger partial charge < -0.3 is 16.0 Å². The summed E-state index contributed by atoms with van der Waals surface area (Å²) in [6.45, 7) is 5.11. The highest BCUT2D eigenvalue weighted by Crippen LogP contribution is 2.29. The Morgan fingerprint density at radius 2 is 1.90 bits per heavy atom. The van der Waals surface area contributed by atoms with Crippen molar-refractivity contribution >= 4 is 11.6 Å². The van der Waals surface area contributed by atoms with Crippen molar-refractivity contribution in [3.63, 3.8) is 0 Å². The lowest BCUT2D eigenvalue weighted by molar-refractivity contribution is -0.137. The van der Waals surface area contributed by atoms with Crippen LogP contribution in [0, 0.1) is 5.41 Å². The lowest BCUT2D eigenvalue weighted by atomic mass is 9.87. The number of carbonyl (C=O) groups is 1. The minimum absolute atomic E-state index is 0.482. The van der Waals surface area contributed by atoms with Gasteiger partial charge in [0.25, 0.3) is 5.56 Å². The second kappa shape index (κ2) is 5.28. The number of pyridine rings is 1. The number of aromatic amines is 1. The van der Waals surface area contributed by atoms with Crippen molar-refractivity contribution in [2.45, 2.75) is 33.0 Å². The molecule has 0 radical (unpaired) electrons. The highest BCUT2D eigenvalue weighted by Gasteiger charge is 2.32. The summed E-state index contributed by atoms with van der Waals surface area (Å²) < 4.78 is 37.6. The molecule has 5 nitrogen and oxygen atoms in total. The van der Waals surface area contributed by atoms with Crippen LogP contribution in [0.5, 0.6) is 0 Å². The van der Waals surface area contributed by atoms with E-state index in [2.05, 4.69) is 5.32 Å². The van der Waals surface area contributed by atoms with Gasteiger partial charge in [0, 0.05) is 6.20 Å². The van der Waals surface area contributed by atoms with E-state index in [1.54, 1.807) is 20.8 Å². The predicted octanol–water partition coefficient (Wildman–Crippen LogP) is 1.71. The number of amides is 1. The molecule has 0 aliphatic rings. The fraction of sp³-hybridized carbons (Fsp3) is 0.500. The van der Waals surface area contributed by atoms with E-state index in [0.717, 1.165) is 0 Å². The molecule has 20 heavy (non-hydrogen) atoms. The molecule has 0 aliphatic heterocycles.